The molecular weight excluding hydrogens is 1660 g/mol. The smallest absolute Gasteiger partial charge is 0.127 e. The van der Waals surface area contributed by atoms with E-state index in [0.29, 0.717) is 95.8 Å². The van der Waals surface area contributed by atoms with Crippen molar-refractivity contribution < 1.29 is 97.0 Å². The Bertz CT molecular complexity index is 7150. The standard InChI is InChI=1S/4C24H20O4.C17H14O3/c25-19-8-1-15(2-9-19)13-18-6-5-17-7-12-22(27)21(23(17)24(18)28)14-16-3-10-20(26)11-4-16;25-18-6-1-15(2-7-18)13-17-5-11-23(28)24-20(17)10-12-22(27)21(24)14-16-3-8-19(26)9-4-16;25-19-6-1-15(2-7-19)11-17-5-10-23(27)22-14-24(28)18(13-21(17)22)12-16-3-8-20(26)9-4-16;25-19-5-1-15(2-6-19)11-17-13-18(12-16-3-7-20(26)8-4-16)24(28)23-14-21(27)9-10-22(17)23;18-13-4-1-11(2-5-13)9-12-3-8-17(20)16-10-14(19)6-7-15(12)16/h2*1-12,25-28H,13-14H2;2*1-10,13-14,25-28H,11-12H2;1-8,10,18-20H,9H2. The van der Waals surface area contributed by atoms with Crippen molar-refractivity contribution >= 4 is 53.9 Å². The fraction of sp³-hybridized carbons (Fsp3) is 0.0796. The van der Waals surface area contributed by atoms with Gasteiger partial charge in [-0.05, 0) is 318 Å². The van der Waals surface area contributed by atoms with E-state index in [4.69, 9.17) is 0 Å². The number of benzene rings is 19. The topological polar surface area (TPSA) is 384 Å². The fourth-order valence-corrected chi connectivity index (χ4v) is 16.3. The second-order valence-corrected chi connectivity index (χ2v) is 32.6. The predicted molar refractivity (Wildman–Crippen MR) is 515 cm³/mol. The zero-order chi connectivity index (χ0) is 92.8. The van der Waals surface area contributed by atoms with Crippen LogP contribution < -0.4 is 0 Å². The van der Waals surface area contributed by atoms with Crippen molar-refractivity contribution in [1.82, 2.24) is 0 Å². The van der Waals surface area contributed by atoms with Crippen LogP contribution in [-0.2, 0) is 57.8 Å². The van der Waals surface area contributed by atoms with Crippen molar-refractivity contribution in [2.45, 2.75) is 57.8 Å². The van der Waals surface area contributed by atoms with Crippen LogP contribution in [0, 0.1) is 0 Å². The molecule has 0 radical (unpaired) electrons. The van der Waals surface area contributed by atoms with Crippen molar-refractivity contribution in [2.75, 3.05) is 0 Å². The summed E-state index contributed by atoms with van der Waals surface area (Å²) in [5.41, 5.74) is 16.6. The lowest BCUT2D eigenvalue weighted by atomic mass is 9.92. The lowest BCUT2D eigenvalue weighted by Gasteiger charge is -2.14. The molecule has 0 aliphatic carbocycles. The van der Waals surface area contributed by atoms with Gasteiger partial charge in [-0.3, -0.25) is 0 Å². The molecule has 0 saturated carbocycles. The largest absolute Gasteiger partial charge is 0.508 e. The Balaban J connectivity index is 0.000000127. The molecule has 0 aliphatic rings. The van der Waals surface area contributed by atoms with Gasteiger partial charge >= 0.3 is 0 Å². The highest BCUT2D eigenvalue weighted by Gasteiger charge is 2.21. The van der Waals surface area contributed by atoms with Gasteiger partial charge in [-0.15, -0.1) is 0 Å². The van der Waals surface area contributed by atoms with E-state index < -0.39 is 0 Å². The number of aromatic hydroxyl groups is 19. The van der Waals surface area contributed by atoms with Crippen LogP contribution in [0.1, 0.15) is 100 Å². The summed E-state index contributed by atoms with van der Waals surface area (Å²) in [7, 11) is 0. The minimum atomic E-state index is 0.0974. The lowest BCUT2D eigenvalue weighted by molar-refractivity contribution is 0.464. The molecule has 19 heteroatoms. The van der Waals surface area contributed by atoms with Gasteiger partial charge in [-0.1, -0.05) is 170 Å². The molecule has 19 nitrogen and oxygen atoms in total. The quantitative estimate of drug-likeness (QED) is 0.0379. The highest BCUT2D eigenvalue weighted by molar-refractivity contribution is 5.98. The molecule has 132 heavy (non-hydrogen) atoms. The second-order valence-electron chi connectivity index (χ2n) is 32.6. The van der Waals surface area contributed by atoms with Gasteiger partial charge in [-0.25, -0.2) is 0 Å². The van der Waals surface area contributed by atoms with E-state index in [1.54, 1.807) is 206 Å². The molecule has 0 spiro atoms. The van der Waals surface area contributed by atoms with Gasteiger partial charge in [0, 0.05) is 70.2 Å². The minimum Gasteiger partial charge on any atom is -0.508 e. The maximum absolute atomic E-state index is 11.0. The molecule has 0 aliphatic heterocycles. The highest BCUT2D eigenvalue weighted by Crippen LogP contribution is 2.44. The Morgan fingerprint density at radius 1 is 0.129 bits per heavy atom. The third-order valence-corrected chi connectivity index (χ3v) is 23.2. The average molecular weight is 1760 g/mol. The summed E-state index contributed by atoms with van der Waals surface area (Å²) in [4.78, 5) is 0. The monoisotopic (exact) mass is 1750 g/mol. The molecule has 0 amide bonds. The Labute approximate surface area is 759 Å². The van der Waals surface area contributed by atoms with Gasteiger partial charge in [0.05, 0.1) is 0 Å². The molecular formula is C113H94O19. The number of hydrogen-bond donors (Lipinski definition) is 19. The van der Waals surface area contributed by atoms with Crippen LogP contribution in [-0.4, -0.2) is 97.0 Å². The third-order valence-electron chi connectivity index (χ3n) is 23.2. The van der Waals surface area contributed by atoms with Crippen molar-refractivity contribution in [1.29, 1.82) is 0 Å². The van der Waals surface area contributed by atoms with E-state index in [-0.39, 0.29) is 109 Å². The summed E-state index contributed by atoms with van der Waals surface area (Å²) in [5, 5.41) is 196. The zero-order valence-corrected chi connectivity index (χ0v) is 71.3. The van der Waals surface area contributed by atoms with E-state index in [0.717, 1.165) is 116 Å². The molecule has 0 saturated heterocycles. The predicted octanol–water partition coefficient (Wildman–Crippen LogP) is 22.9. The molecule has 0 aromatic heterocycles. The molecule has 0 fully saturated rings. The molecule has 0 bridgehead atoms. The van der Waals surface area contributed by atoms with Crippen LogP contribution >= 0.6 is 0 Å². The number of phenolic OH excluding ortho intramolecular Hbond substituents is 19. The van der Waals surface area contributed by atoms with Gasteiger partial charge in [0.2, 0.25) is 0 Å². The van der Waals surface area contributed by atoms with Crippen LogP contribution in [0.15, 0.2) is 346 Å². The number of fused-ring (bicyclic) bond motifs is 5. The van der Waals surface area contributed by atoms with Gasteiger partial charge in [0.25, 0.3) is 0 Å². The van der Waals surface area contributed by atoms with E-state index in [9.17, 15) is 97.0 Å². The summed E-state index contributed by atoms with van der Waals surface area (Å²) >= 11 is 0. The Morgan fingerprint density at radius 2 is 0.394 bits per heavy atom. The first kappa shape index (κ1) is 89.5. The Hall–Kier alpha value is -17.3. The van der Waals surface area contributed by atoms with Gasteiger partial charge in [0.15, 0.2) is 0 Å². The lowest BCUT2D eigenvalue weighted by Crippen LogP contribution is -1.96. The van der Waals surface area contributed by atoms with E-state index >= 15 is 0 Å². The van der Waals surface area contributed by atoms with E-state index in [2.05, 4.69) is 0 Å². The first-order valence-corrected chi connectivity index (χ1v) is 42.4. The average Bonchev–Trinajstić information content (AvgIpc) is 0.688. The summed E-state index contributed by atoms with van der Waals surface area (Å²) in [5.74, 6) is 3.17. The first-order chi connectivity index (χ1) is 63.6. The van der Waals surface area contributed by atoms with E-state index in [1.807, 2.05) is 140 Å². The summed E-state index contributed by atoms with van der Waals surface area (Å²) < 4.78 is 0. The normalized spacial score (nSPS) is 11.0. The molecule has 19 aromatic carbocycles. The van der Waals surface area contributed by atoms with E-state index in [1.165, 1.54) is 0 Å². The van der Waals surface area contributed by atoms with Crippen LogP contribution in [0.25, 0.3) is 53.9 Å². The van der Waals surface area contributed by atoms with Crippen LogP contribution in [0.5, 0.6) is 109 Å². The fourth-order valence-electron chi connectivity index (χ4n) is 16.3. The van der Waals surface area contributed by atoms with Crippen LogP contribution in [0.3, 0.4) is 0 Å². The summed E-state index contributed by atoms with van der Waals surface area (Å²) in [6, 6.07) is 99.2. The van der Waals surface area contributed by atoms with Gasteiger partial charge < -0.3 is 97.0 Å². The molecule has 0 heterocycles. The number of hydrogen-bond acceptors (Lipinski definition) is 19. The van der Waals surface area contributed by atoms with Crippen molar-refractivity contribution in [3.8, 4) is 109 Å². The Kier molecular flexibility index (Phi) is 27.2. The van der Waals surface area contributed by atoms with Gasteiger partial charge in [-0.2, -0.15) is 0 Å². The third kappa shape index (κ3) is 22.0. The number of rotatable bonds is 18. The van der Waals surface area contributed by atoms with Crippen molar-refractivity contribution in [3.05, 3.63) is 446 Å². The summed E-state index contributed by atoms with van der Waals surface area (Å²) in [6.07, 6.45) is 4.99. The van der Waals surface area contributed by atoms with Gasteiger partial charge in [0.1, 0.15) is 109 Å². The minimum absolute atomic E-state index is 0.0974. The van der Waals surface area contributed by atoms with Crippen molar-refractivity contribution in [2.24, 2.45) is 0 Å². The van der Waals surface area contributed by atoms with Crippen molar-refractivity contribution in [3.63, 3.8) is 0 Å². The summed E-state index contributed by atoms with van der Waals surface area (Å²) in [6.45, 7) is 0. The SMILES string of the molecule is Oc1ccc(Cc2cc(Cc3ccc(O)cc3)c3ccc(O)cc3c2O)cc1.Oc1ccc(Cc2cc3c(Cc4ccc(O)cc4)ccc(O)c3cc2O)cc1.Oc1ccc(Cc2ccc(O)c3c(Cc4ccc(O)cc4)c(O)ccc23)cc1.Oc1ccc(Cc2ccc(O)c3cc(O)ccc23)cc1.Oc1ccc(Cc2ccc3ccc(O)c(Cc4ccc(O)cc4)c3c2O)cc1. The molecule has 660 valence electrons. The molecule has 19 aromatic rings. The molecule has 0 atom stereocenters. The maximum Gasteiger partial charge on any atom is 0.127 e. The second kappa shape index (κ2) is 40.1. The molecule has 0 unspecified atom stereocenters. The maximum atomic E-state index is 11.0. The molecule has 19 N–H and O–H groups in total. The molecule has 19 rings (SSSR count). The first-order valence-electron chi connectivity index (χ1n) is 42.4. The highest BCUT2D eigenvalue weighted by atomic mass is 16.3. The number of phenols is 19. The van der Waals surface area contributed by atoms with Crippen LogP contribution in [0.4, 0.5) is 0 Å². The van der Waals surface area contributed by atoms with Crippen LogP contribution in [0.2, 0.25) is 0 Å². The zero-order valence-electron chi connectivity index (χ0n) is 71.3. The Morgan fingerprint density at radius 3 is 0.795 bits per heavy atom.